The molecule has 1 saturated carbocycles. The maximum Gasteiger partial charge on any atom is 0.181 e. The van der Waals surface area contributed by atoms with E-state index in [0.717, 1.165) is 29.9 Å². The van der Waals surface area contributed by atoms with Crippen LogP contribution in [0.5, 0.6) is 0 Å². The van der Waals surface area contributed by atoms with Crippen LogP contribution in [0.25, 0.3) is 11.3 Å². The second kappa shape index (κ2) is 4.82. The molecule has 18 heavy (non-hydrogen) atoms. The number of aromatic nitrogens is 1. The lowest BCUT2D eigenvalue weighted by molar-refractivity contribution is 0.0329. The quantitative estimate of drug-likeness (QED) is 0.898. The van der Waals surface area contributed by atoms with E-state index >= 15 is 0 Å². The Bertz CT molecular complexity index is 504. The summed E-state index contributed by atoms with van der Waals surface area (Å²) >= 11 is 0. The zero-order valence-corrected chi connectivity index (χ0v) is 10.3. The summed E-state index contributed by atoms with van der Waals surface area (Å²) in [7, 11) is 1.77. The van der Waals surface area contributed by atoms with Crippen LogP contribution in [0.15, 0.2) is 41.3 Å². The number of hydrogen-bond donors (Lipinski definition) is 1. The van der Waals surface area contributed by atoms with Gasteiger partial charge in [0.1, 0.15) is 0 Å². The molecule has 0 unspecified atom stereocenters. The first-order chi connectivity index (χ1) is 8.85. The van der Waals surface area contributed by atoms with Gasteiger partial charge in [-0.05, 0) is 25.0 Å². The van der Waals surface area contributed by atoms with Gasteiger partial charge in [-0.1, -0.05) is 12.1 Å². The van der Waals surface area contributed by atoms with Crippen LogP contribution in [0, 0.1) is 0 Å². The van der Waals surface area contributed by atoms with Gasteiger partial charge in [0.25, 0.3) is 0 Å². The summed E-state index contributed by atoms with van der Waals surface area (Å²) in [5.41, 5.74) is 2.16. The normalized spacial score (nSPS) is 22.5. The van der Waals surface area contributed by atoms with Crippen molar-refractivity contribution in [3.63, 3.8) is 0 Å². The molecular weight excluding hydrogens is 228 g/mol. The molecule has 0 radical (unpaired) electrons. The van der Waals surface area contributed by atoms with Crippen LogP contribution in [-0.2, 0) is 4.74 Å². The Morgan fingerprint density at radius 2 is 2.28 bits per heavy atom. The number of nitrogens with one attached hydrogen (secondary N) is 1. The van der Waals surface area contributed by atoms with E-state index in [-0.39, 0.29) is 0 Å². The van der Waals surface area contributed by atoms with Crippen LogP contribution >= 0.6 is 0 Å². The Labute approximate surface area is 106 Å². The third-order valence-corrected chi connectivity index (χ3v) is 3.38. The van der Waals surface area contributed by atoms with Crippen LogP contribution in [0.4, 0.5) is 5.69 Å². The van der Waals surface area contributed by atoms with Crippen LogP contribution in [-0.4, -0.2) is 24.2 Å². The van der Waals surface area contributed by atoms with Gasteiger partial charge in [0, 0.05) is 24.4 Å². The van der Waals surface area contributed by atoms with E-state index in [1.54, 1.807) is 13.3 Å². The van der Waals surface area contributed by atoms with Gasteiger partial charge in [0.15, 0.2) is 12.2 Å². The minimum absolute atomic E-state index is 0.417. The lowest BCUT2D eigenvalue weighted by Crippen LogP contribution is -2.40. The molecule has 1 heterocycles. The molecule has 1 aliphatic carbocycles. The molecule has 0 spiro atoms. The Kier molecular flexibility index (Phi) is 3.02. The van der Waals surface area contributed by atoms with Crippen molar-refractivity contribution in [1.29, 1.82) is 0 Å². The molecule has 0 saturated heterocycles. The van der Waals surface area contributed by atoms with Crippen LogP contribution in [0.1, 0.15) is 12.8 Å². The zero-order valence-electron chi connectivity index (χ0n) is 10.3. The van der Waals surface area contributed by atoms with Gasteiger partial charge in [-0.2, -0.15) is 0 Å². The summed E-state index contributed by atoms with van der Waals surface area (Å²) in [5.74, 6) is 0.794. The number of benzene rings is 1. The molecule has 0 atom stereocenters. The Hall–Kier alpha value is -1.81. The van der Waals surface area contributed by atoms with E-state index < -0.39 is 0 Å². The van der Waals surface area contributed by atoms with Crippen molar-refractivity contribution in [1.82, 2.24) is 4.98 Å². The fraction of sp³-hybridized carbons (Fsp3) is 0.357. The van der Waals surface area contributed by atoms with Crippen LogP contribution in [0.2, 0.25) is 0 Å². The third kappa shape index (κ3) is 2.24. The van der Waals surface area contributed by atoms with Crippen LogP contribution in [0.3, 0.4) is 0 Å². The molecule has 94 valence electrons. The predicted molar refractivity (Wildman–Crippen MR) is 69.4 cm³/mol. The third-order valence-electron chi connectivity index (χ3n) is 3.38. The van der Waals surface area contributed by atoms with Crippen molar-refractivity contribution in [3.8, 4) is 11.3 Å². The SMILES string of the molecule is COC1CC(Nc2cccc(-c3cnco3)c2)C1. The highest BCUT2D eigenvalue weighted by molar-refractivity contribution is 5.63. The van der Waals surface area contributed by atoms with Gasteiger partial charge in [0.2, 0.25) is 0 Å². The lowest BCUT2D eigenvalue weighted by Gasteiger charge is -2.35. The molecule has 1 fully saturated rings. The van der Waals surface area contributed by atoms with E-state index in [2.05, 4.69) is 22.4 Å². The average Bonchev–Trinajstić information content (AvgIpc) is 2.87. The highest BCUT2D eigenvalue weighted by Crippen LogP contribution is 2.28. The molecule has 4 nitrogen and oxygen atoms in total. The lowest BCUT2D eigenvalue weighted by atomic mass is 9.89. The molecule has 1 aromatic carbocycles. The van der Waals surface area contributed by atoms with Crippen molar-refractivity contribution in [3.05, 3.63) is 36.9 Å². The number of rotatable bonds is 4. The molecular formula is C14H16N2O2. The van der Waals surface area contributed by atoms with Gasteiger partial charge < -0.3 is 14.5 Å². The first kappa shape index (κ1) is 11.3. The number of hydrogen-bond acceptors (Lipinski definition) is 4. The largest absolute Gasteiger partial charge is 0.444 e. The molecule has 0 aliphatic heterocycles. The summed E-state index contributed by atoms with van der Waals surface area (Å²) in [6.45, 7) is 0. The summed E-state index contributed by atoms with van der Waals surface area (Å²) < 4.78 is 10.6. The molecule has 2 aromatic rings. The Morgan fingerprint density at radius 3 is 3.00 bits per heavy atom. The van der Waals surface area contributed by atoms with E-state index in [1.807, 2.05) is 12.1 Å². The van der Waals surface area contributed by atoms with Crippen molar-refractivity contribution < 1.29 is 9.15 Å². The Balaban J connectivity index is 1.68. The van der Waals surface area contributed by atoms with Crippen molar-refractivity contribution >= 4 is 5.69 Å². The monoisotopic (exact) mass is 244 g/mol. The van der Waals surface area contributed by atoms with E-state index in [0.29, 0.717) is 12.1 Å². The highest BCUT2D eigenvalue weighted by atomic mass is 16.5. The maximum absolute atomic E-state index is 5.30. The van der Waals surface area contributed by atoms with E-state index in [1.165, 1.54) is 6.39 Å². The van der Waals surface area contributed by atoms with Crippen molar-refractivity contribution in [2.24, 2.45) is 0 Å². The molecule has 1 N–H and O–H groups in total. The standard InChI is InChI=1S/C14H16N2O2/c1-17-13-6-12(7-13)16-11-4-2-3-10(5-11)14-8-15-9-18-14/h2-5,8-9,12-13,16H,6-7H2,1H3. The molecule has 0 bridgehead atoms. The van der Waals surface area contributed by atoms with Gasteiger partial charge in [-0.3, -0.25) is 0 Å². The molecule has 4 heteroatoms. The number of anilines is 1. The van der Waals surface area contributed by atoms with Crippen molar-refractivity contribution in [2.75, 3.05) is 12.4 Å². The van der Waals surface area contributed by atoms with Gasteiger partial charge >= 0.3 is 0 Å². The van der Waals surface area contributed by atoms with Gasteiger partial charge in [-0.15, -0.1) is 0 Å². The zero-order chi connectivity index (χ0) is 12.4. The highest BCUT2D eigenvalue weighted by Gasteiger charge is 2.28. The van der Waals surface area contributed by atoms with E-state index in [9.17, 15) is 0 Å². The summed E-state index contributed by atoms with van der Waals surface area (Å²) in [5, 5.41) is 3.50. The van der Waals surface area contributed by atoms with E-state index in [4.69, 9.17) is 9.15 Å². The number of methoxy groups -OCH3 is 1. The topological polar surface area (TPSA) is 47.3 Å². The second-order valence-electron chi connectivity index (χ2n) is 4.62. The predicted octanol–water partition coefficient (Wildman–Crippen LogP) is 2.93. The molecule has 0 amide bonds. The molecule has 3 rings (SSSR count). The van der Waals surface area contributed by atoms with Gasteiger partial charge in [0.05, 0.1) is 12.3 Å². The summed E-state index contributed by atoms with van der Waals surface area (Å²) in [6, 6.07) is 8.71. The fourth-order valence-corrected chi connectivity index (χ4v) is 2.23. The summed E-state index contributed by atoms with van der Waals surface area (Å²) in [6.07, 6.45) is 5.74. The first-order valence-corrected chi connectivity index (χ1v) is 6.13. The average molecular weight is 244 g/mol. The fourth-order valence-electron chi connectivity index (χ4n) is 2.23. The van der Waals surface area contributed by atoms with Crippen molar-refractivity contribution in [2.45, 2.75) is 25.0 Å². The summed E-state index contributed by atoms with van der Waals surface area (Å²) in [4.78, 5) is 3.93. The molecule has 1 aliphatic rings. The number of ether oxygens (including phenoxy) is 1. The minimum atomic E-state index is 0.417. The maximum atomic E-state index is 5.30. The first-order valence-electron chi connectivity index (χ1n) is 6.13. The Morgan fingerprint density at radius 1 is 1.39 bits per heavy atom. The second-order valence-corrected chi connectivity index (χ2v) is 4.62. The van der Waals surface area contributed by atoms with Crippen LogP contribution < -0.4 is 5.32 Å². The minimum Gasteiger partial charge on any atom is -0.444 e. The smallest absolute Gasteiger partial charge is 0.181 e. The van der Waals surface area contributed by atoms with Gasteiger partial charge in [-0.25, -0.2) is 4.98 Å². The molecule has 1 aromatic heterocycles. The number of nitrogens with zero attached hydrogens (tertiary/aromatic N) is 1. The number of oxazole rings is 1.